The van der Waals surface area contributed by atoms with Gasteiger partial charge in [0.05, 0.1) is 28.7 Å². The first-order valence-corrected chi connectivity index (χ1v) is 13.3. The number of hydrogen-bond donors (Lipinski definition) is 1. The minimum atomic E-state index is -4.57. The van der Waals surface area contributed by atoms with Gasteiger partial charge in [0.15, 0.2) is 6.61 Å². The molecular weight excluding hydrogens is 537 g/mol. The number of halogens is 3. The molecule has 7 nitrogen and oxygen atoms in total. The SMILES string of the molecule is O=C(COC(=O)c1cccc(N2C(=O)[C@@H]3[C@@H]4C[C@@H]([C@H]3C2=O)[C@@H](c2ccccc2)C4)c1)Nc1cccc(C(F)(F)F)c1. The average Bonchev–Trinajstić information content (AvgIpc) is 3.63. The van der Waals surface area contributed by atoms with Crippen molar-refractivity contribution in [2.24, 2.45) is 23.7 Å². The normalized spacial score (nSPS) is 24.9. The minimum Gasteiger partial charge on any atom is -0.452 e. The van der Waals surface area contributed by atoms with Crippen molar-refractivity contribution in [3.63, 3.8) is 0 Å². The van der Waals surface area contributed by atoms with Crippen molar-refractivity contribution in [3.8, 4) is 0 Å². The zero-order chi connectivity index (χ0) is 28.9. The number of hydrogen-bond acceptors (Lipinski definition) is 5. The van der Waals surface area contributed by atoms with Crippen LogP contribution in [0.3, 0.4) is 0 Å². The smallest absolute Gasteiger partial charge is 0.416 e. The summed E-state index contributed by atoms with van der Waals surface area (Å²) in [7, 11) is 0. The minimum absolute atomic E-state index is 0.0252. The molecule has 3 amide bonds. The number of anilines is 2. The lowest BCUT2D eigenvalue weighted by Gasteiger charge is -2.28. The molecular formula is C31H25F3N2O5. The highest BCUT2D eigenvalue weighted by atomic mass is 19.4. The fourth-order valence-corrected chi connectivity index (χ4v) is 6.75. The predicted octanol–water partition coefficient (Wildman–Crippen LogP) is 5.43. The van der Waals surface area contributed by atoms with Gasteiger partial charge in [-0.25, -0.2) is 4.79 Å². The quantitative estimate of drug-likeness (QED) is 0.320. The summed E-state index contributed by atoms with van der Waals surface area (Å²) in [5, 5.41) is 2.27. The lowest BCUT2D eigenvalue weighted by molar-refractivity contribution is -0.137. The number of esters is 1. The summed E-state index contributed by atoms with van der Waals surface area (Å²) in [6, 6.07) is 20.0. The molecule has 6 rings (SSSR count). The number of fused-ring (bicyclic) bond motifs is 5. The van der Waals surface area contributed by atoms with Crippen LogP contribution < -0.4 is 10.2 Å². The van der Waals surface area contributed by atoms with E-state index in [0.29, 0.717) is 0 Å². The molecule has 2 saturated carbocycles. The predicted molar refractivity (Wildman–Crippen MR) is 142 cm³/mol. The molecule has 1 N–H and O–H groups in total. The summed E-state index contributed by atoms with van der Waals surface area (Å²) < 4.78 is 43.8. The first-order chi connectivity index (χ1) is 19.6. The largest absolute Gasteiger partial charge is 0.452 e. The van der Waals surface area contributed by atoms with Gasteiger partial charge in [0, 0.05) is 5.69 Å². The average molecular weight is 563 g/mol. The number of benzene rings is 3. The molecule has 0 aromatic heterocycles. The Morgan fingerprint density at radius 3 is 2.37 bits per heavy atom. The van der Waals surface area contributed by atoms with Crippen molar-refractivity contribution >= 4 is 35.1 Å². The van der Waals surface area contributed by atoms with Gasteiger partial charge in [0.1, 0.15) is 0 Å². The fourth-order valence-electron chi connectivity index (χ4n) is 6.75. The van der Waals surface area contributed by atoms with Gasteiger partial charge < -0.3 is 10.1 Å². The third-order valence-electron chi connectivity index (χ3n) is 8.39. The first kappa shape index (κ1) is 26.7. The Hall–Kier alpha value is -4.47. The molecule has 0 unspecified atom stereocenters. The second-order valence-electron chi connectivity index (χ2n) is 10.7. The van der Waals surface area contributed by atoms with Crippen molar-refractivity contribution in [2.45, 2.75) is 24.9 Å². The number of carbonyl (C=O) groups is 4. The maximum atomic E-state index is 13.6. The third-order valence-corrected chi connectivity index (χ3v) is 8.39. The van der Waals surface area contributed by atoms with E-state index in [2.05, 4.69) is 17.4 Å². The maximum absolute atomic E-state index is 13.6. The van der Waals surface area contributed by atoms with Gasteiger partial charge in [0.25, 0.3) is 5.91 Å². The van der Waals surface area contributed by atoms with E-state index in [0.717, 1.165) is 31.0 Å². The molecule has 2 bridgehead atoms. The number of rotatable bonds is 6. The van der Waals surface area contributed by atoms with Crippen LogP contribution in [0.2, 0.25) is 0 Å². The summed E-state index contributed by atoms with van der Waals surface area (Å²) in [5.41, 5.74) is 0.440. The van der Waals surface area contributed by atoms with E-state index in [1.807, 2.05) is 18.2 Å². The van der Waals surface area contributed by atoms with Crippen molar-refractivity contribution in [2.75, 3.05) is 16.8 Å². The molecule has 41 heavy (non-hydrogen) atoms. The maximum Gasteiger partial charge on any atom is 0.416 e. The molecule has 5 atom stereocenters. The van der Waals surface area contributed by atoms with Crippen molar-refractivity contribution in [1.29, 1.82) is 0 Å². The zero-order valence-corrected chi connectivity index (χ0v) is 21.6. The Morgan fingerprint density at radius 2 is 1.61 bits per heavy atom. The number of amides is 3. The zero-order valence-electron chi connectivity index (χ0n) is 21.6. The van der Waals surface area contributed by atoms with E-state index >= 15 is 0 Å². The van der Waals surface area contributed by atoms with Gasteiger partial charge in [0.2, 0.25) is 11.8 Å². The Kier molecular flexibility index (Phi) is 6.63. The van der Waals surface area contributed by atoms with E-state index in [1.54, 1.807) is 6.07 Å². The lowest BCUT2D eigenvalue weighted by Crippen LogP contribution is -2.33. The summed E-state index contributed by atoms with van der Waals surface area (Å²) in [4.78, 5) is 53.1. The lowest BCUT2D eigenvalue weighted by atomic mass is 9.73. The summed E-state index contributed by atoms with van der Waals surface area (Å²) in [6.07, 6.45) is -2.87. The number of ether oxygens (including phenoxy) is 1. The molecule has 10 heteroatoms. The molecule has 1 saturated heterocycles. The second-order valence-corrected chi connectivity index (χ2v) is 10.7. The molecule has 210 valence electrons. The monoisotopic (exact) mass is 562 g/mol. The van der Waals surface area contributed by atoms with Gasteiger partial charge in [-0.15, -0.1) is 0 Å². The fraction of sp³-hybridized carbons (Fsp3) is 0.290. The molecule has 1 aliphatic heterocycles. The van der Waals surface area contributed by atoms with E-state index in [1.165, 1.54) is 34.7 Å². The van der Waals surface area contributed by atoms with Gasteiger partial charge in [-0.3, -0.25) is 19.3 Å². The Bertz CT molecular complexity index is 1540. The highest BCUT2D eigenvalue weighted by molar-refractivity contribution is 6.23. The first-order valence-electron chi connectivity index (χ1n) is 13.3. The highest BCUT2D eigenvalue weighted by Gasteiger charge is 2.64. The molecule has 1 heterocycles. The van der Waals surface area contributed by atoms with Gasteiger partial charge in [-0.05, 0) is 72.6 Å². The van der Waals surface area contributed by atoms with Crippen LogP contribution in [0, 0.1) is 23.7 Å². The van der Waals surface area contributed by atoms with Gasteiger partial charge >= 0.3 is 12.1 Å². The Labute approximate surface area is 233 Å². The topological polar surface area (TPSA) is 92.8 Å². The van der Waals surface area contributed by atoms with Crippen molar-refractivity contribution < 1.29 is 37.1 Å². The number of imide groups is 1. The van der Waals surface area contributed by atoms with Crippen LogP contribution in [0.4, 0.5) is 24.5 Å². The van der Waals surface area contributed by atoms with Crippen LogP contribution in [0.25, 0.3) is 0 Å². The molecule has 3 aliphatic rings. The number of nitrogens with zero attached hydrogens (tertiary/aromatic N) is 1. The van der Waals surface area contributed by atoms with Crippen LogP contribution in [0.1, 0.15) is 40.2 Å². The summed E-state index contributed by atoms with van der Waals surface area (Å²) in [5.74, 6) is -2.57. The van der Waals surface area contributed by atoms with E-state index in [4.69, 9.17) is 4.74 Å². The number of carbonyl (C=O) groups excluding carboxylic acids is 4. The van der Waals surface area contributed by atoms with E-state index in [9.17, 15) is 32.3 Å². The molecule has 0 radical (unpaired) electrons. The Morgan fingerprint density at radius 1 is 0.878 bits per heavy atom. The van der Waals surface area contributed by atoms with Crippen LogP contribution >= 0.6 is 0 Å². The van der Waals surface area contributed by atoms with Gasteiger partial charge in [-0.2, -0.15) is 13.2 Å². The van der Waals surface area contributed by atoms with Crippen LogP contribution in [-0.2, 0) is 25.3 Å². The van der Waals surface area contributed by atoms with Crippen molar-refractivity contribution in [1.82, 2.24) is 0 Å². The molecule has 0 spiro atoms. The van der Waals surface area contributed by atoms with Crippen LogP contribution in [-0.4, -0.2) is 30.3 Å². The third kappa shape index (κ3) is 4.87. The van der Waals surface area contributed by atoms with E-state index in [-0.39, 0.29) is 52.4 Å². The second kappa shape index (κ2) is 10.2. The number of nitrogens with one attached hydrogen (secondary N) is 1. The van der Waals surface area contributed by atoms with E-state index < -0.39 is 36.1 Å². The number of alkyl halides is 3. The van der Waals surface area contributed by atoms with Gasteiger partial charge in [-0.1, -0.05) is 42.5 Å². The van der Waals surface area contributed by atoms with Crippen LogP contribution in [0.5, 0.6) is 0 Å². The standard InChI is InChI=1S/C31H25F3N2O5/c32-31(33,34)20-9-5-10-21(15-20)35-25(37)16-41-30(40)18-8-4-11-22(12-18)36-28(38)26-19-13-23(17-6-2-1-3-7-17)24(14-19)27(26)29(36)39/h1-12,15,19,23-24,26-27H,13-14,16H2,(H,35,37)/t19-,23+,24+,26+,27+/m0/s1. The Balaban J connectivity index is 1.12. The summed E-state index contributed by atoms with van der Waals surface area (Å²) in [6.45, 7) is -0.741. The molecule has 3 aromatic rings. The van der Waals surface area contributed by atoms with Crippen molar-refractivity contribution in [3.05, 3.63) is 95.6 Å². The molecule has 2 aliphatic carbocycles. The summed E-state index contributed by atoms with van der Waals surface area (Å²) >= 11 is 0. The molecule has 3 aromatic carbocycles. The molecule has 3 fully saturated rings. The highest BCUT2D eigenvalue weighted by Crippen LogP contribution is 2.61. The van der Waals surface area contributed by atoms with Crippen LogP contribution in [0.15, 0.2) is 78.9 Å².